The van der Waals surface area contributed by atoms with Crippen LogP contribution in [0.15, 0.2) is 0 Å². The summed E-state index contributed by atoms with van der Waals surface area (Å²) >= 11 is 0. The Balaban J connectivity index is 3.71. The van der Waals surface area contributed by atoms with Crippen LogP contribution in [0.3, 0.4) is 0 Å². The zero-order chi connectivity index (χ0) is 12.6. The summed E-state index contributed by atoms with van der Waals surface area (Å²) in [6.45, 7) is 9.85. The van der Waals surface area contributed by atoms with Crippen LogP contribution in [0.1, 0.15) is 27.2 Å². The number of hydrogen-bond donors (Lipinski definition) is 1. The molecule has 0 aromatic heterocycles. The minimum Gasteiger partial charge on any atom is -0.348 e. The van der Waals surface area contributed by atoms with Gasteiger partial charge in [0.2, 0.25) is 5.91 Å². The SMILES string of the molecule is CCN(CCCNC(C)C)CC(=O)N(C)C. The highest BCUT2D eigenvalue weighted by atomic mass is 16.2. The van der Waals surface area contributed by atoms with Gasteiger partial charge in [-0.15, -0.1) is 0 Å². The molecule has 0 unspecified atom stereocenters. The summed E-state index contributed by atoms with van der Waals surface area (Å²) in [4.78, 5) is 15.4. The van der Waals surface area contributed by atoms with Gasteiger partial charge in [0.05, 0.1) is 6.54 Å². The molecule has 0 aromatic rings. The van der Waals surface area contributed by atoms with Gasteiger partial charge >= 0.3 is 0 Å². The Morgan fingerprint density at radius 1 is 1.31 bits per heavy atom. The van der Waals surface area contributed by atoms with Gasteiger partial charge in [-0.25, -0.2) is 0 Å². The molecule has 0 saturated heterocycles. The van der Waals surface area contributed by atoms with Gasteiger partial charge in [0.15, 0.2) is 0 Å². The number of carbonyl (C=O) groups is 1. The number of nitrogens with zero attached hydrogens (tertiary/aromatic N) is 2. The molecule has 16 heavy (non-hydrogen) atoms. The average Bonchev–Trinajstić information content (AvgIpc) is 2.21. The van der Waals surface area contributed by atoms with Crippen LogP contribution < -0.4 is 5.32 Å². The standard InChI is InChI=1S/C12H27N3O/c1-6-15(10-12(16)14(4)5)9-7-8-13-11(2)3/h11,13H,6-10H2,1-5H3. The molecule has 0 spiro atoms. The van der Waals surface area contributed by atoms with Crippen molar-refractivity contribution in [1.82, 2.24) is 15.1 Å². The van der Waals surface area contributed by atoms with Crippen molar-refractivity contribution in [2.45, 2.75) is 33.2 Å². The highest BCUT2D eigenvalue weighted by molar-refractivity contribution is 5.77. The molecule has 0 radical (unpaired) electrons. The van der Waals surface area contributed by atoms with E-state index in [1.54, 1.807) is 19.0 Å². The third-order valence-corrected chi connectivity index (χ3v) is 2.51. The lowest BCUT2D eigenvalue weighted by atomic mass is 10.3. The first-order chi connectivity index (χ1) is 7.47. The molecule has 4 heteroatoms. The molecular formula is C12H27N3O. The summed E-state index contributed by atoms with van der Waals surface area (Å²) < 4.78 is 0. The van der Waals surface area contributed by atoms with Crippen molar-refractivity contribution in [2.75, 3.05) is 40.3 Å². The molecule has 0 bridgehead atoms. The van der Waals surface area contributed by atoms with Gasteiger partial charge in [0.25, 0.3) is 0 Å². The van der Waals surface area contributed by atoms with Crippen molar-refractivity contribution >= 4 is 5.91 Å². The highest BCUT2D eigenvalue weighted by Gasteiger charge is 2.09. The highest BCUT2D eigenvalue weighted by Crippen LogP contribution is 1.93. The monoisotopic (exact) mass is 229 g/mol. The Labute approximate surface area is 100.0 Å². The molecule has 4 nitrogen and oxygen atoms in total. The lowest BCUT2D eigenvalue weighted by Crippen LogP contribution is -2.38. The van der Waals surface area contributed by atoms with Gasteiger partial charge in [0, 0.05) is 20.1 Å². The smallest absolute Gasteiger partial charge is 0.236 e. The van der Waals surface area contributed by atoms with Crippen LogP contribution in [0.4, 0.5) is 0 Å². The molecule has 0 aliphatic carbocycles. The van der Waals surface area contributed by atoms with Crippen molar-refractivity contribution in [1.29, 1.82) is 0 Å². The maximum absolute atomic E-state index is 11.5. The average molecular weight is 229 g/mol. The number of hydrogen-bond acceptors (Lipinski definition) is 3. The van der Waals surface area contributed by atoms with Gasteiger partial charge in [-0.1, -0.05) is 20.8 Å². The lowest BCUT2D eigenvalue weighted by molar-refractivity contribution is -0.129. The fourth-order valence-corrected chi connectivity index (χ4v) is 1.38. The first-order valence-electron chi connectivity index (χ1n) is 6.13. The Bertz CT molecular complexity index is 193. The van der Waals surface area contributed by atoms with Crippen LogP contribution in [-0.4, -0.2) is 62.0 Å². The third-order valence-electron chi connectivity index (χ3n) is 2.51. The van der Waals surface area contributed by atoms with E-state index in [0.717, 1.165) is 26.1 Å². The number of likely N-dealkylation sites (N-methyl/N-ethyl adjacent to an activating group) is 2. The normalized spacial score (nSPS) is 11.2. The quantitative estimate of drug-likeness (QED) is 0.625. The fourth-order valence-electron chi connectivity index (χ4n) is 1.38. The Morgan fingerprint density at radius 2 is 1.94 bits per heavy atom. The summed E-state index contributed by atoms with van der Waals surface area (Å²) in [5.74, 6) is 0.179. The van der Waals surface area contributed by atoms with E-state index in [1.807, 2.05) is 0 Å². The van der Waals surface area contributed by atoms with E-state index in [-0.39, 0.29) is 5.91 Å². The van der Waals surface area contributed by atoms with Crippen molar-refractivity contribution in [3.05, 3.63) is 0 Å². The molecule has 1 amide bonds. The Kier molecular flexibility index (Phi) is 8.21. The van der Waals surface area contributed by atoms with E-state index >= 15 is 0 Å². The Hall–Kier alpha value is -0.610. The van der Waals surface area contributed by atoms with Crippen molar-refractivity contribution in [3.8, 4) is 0 Å². The van der Waals surface area contributed by atoms with Crippen molar-refractivity contribution in [2.24, 2.45) is 0 Å². The molecule has 0 aliphatic rings. The second kappa shape index (κ2) is 8.53. The predicted octanol–water partition coefficient (Wildman–Crippen LogP) is 0.785. The van der Waals surface area contributed by atoms with Crippen LogP contribution in [0, 0.1) is 0 Å². The van der Waals surface area contributed by atoms with Crippen LogP contribution in [0.2, 0.25) is 0 Å². The minimum atomic E-state index is 0.179. The minimum absolute atomic E-state index is 0.179. The molecule has 1 N–H and O–H groups in total. The molecule has 0 fully saturated rings. The second-order valence-electron chi connectivity index (χ2n) is 4.62. The summed E-state index contributed by atoms with van der Waals surface area (Å²) in [6.07, 6.45) is 1.09. The van der Waals surface area contributed by atoms with E-state index in [1.165, 1.54) is 0 Å². The maximum atomic E-state index is 11.5. The van der Waals surface area contributed by atoms with Crippen LogP contribution in [0.25, 0.3) is 0 Å². The molecule has 0 heterocycles. The largest absolute Gasteiger partial charge is 0.348 e. The molecule has 0 rings (SSSR count). The Morgan fingerprint density at radius 3 is 2.38 bits per heavy atom. The summed E-state index contributed by atoms with van der Waals surface area (Å²) in [5, 5.41) is 3.38. The molecule has 96 valence electrons. The van der Waals surface area contributed by atoms with E-state index in [2.05, 4.69) is 31.0 Å². The molecule has 0 saturated carbocycles. The van der Waals surface area contributed by atoms with E-state index in [9.17, 15) is 4.79 Å². The van der Waals surface area contributed by atoms with Gasteiger partial charge in [0.1, 0.15) is 0 Å². The third kappa shape index (κ3) is 7.65. The van der Waals surface area contributed by atoms with Crippen LogP contribution in [0.5, 0.6) is 0 Å². The summed E-state index contributed by atoms with van der Waals surface area (Å²) in [7, 11) is 3.60. The van der Waals surface area contributed by atoms with Crippen molar-refractivity contribution < 1.29 is 4.79 Å². The first-order valence-corrected chi connectivity index (χ1v) is 6.13. The zero-order valence-electron chi connectivity index (χ0n) is 11.4. The van der Waals surface area contributed by atoms with Gasteiger partial charge in [-0.05, 0) is 26.1 Å². The summed E-state index contributed by atoms with van der Waals surface area (Å²) in [5.41, 5.74) is 0. The van der Waals surface area contributed by atoms with E-state index in [0.29, 0.717) is 12.6 Å². The van der Waals surface area contributed by atoms with Gasteiger partial charge < -0.3 is 10.2 Å². The van der Waals surface area contributed by atoms with E-state index in [4.69, 9.17) is 0 Å². The van der Waals surface area contributed by atoms with Crippen LogP contribution in [-0.2, 0) is 4.79 Å². The molecular weight excluding hydrogens is 202 g/mol. The fraction of sp³-hybridized carbons (Fsp3) is 0.917. The number of rotatable bonds is 8. The van der Waals surface area contributed by atoms with Gasteiger partial charge in [-0.2, -0.15) is 0 Å². The zero-order valence-corrected chi connectivity index (χ0v) is 11.4. The topological polar surface area (TPSA) is 35.6 Å². The van der Waals surface area contributed by atoms with Gasteiger partial charge in [-0.3, -0.25) is 9.69 Å². The first kappa shape index (κ1) is 15.4. The maximum Gasteiger partial charge on any atom is 0.236 e. The molecule has 0 aliphatic heterocycles. The van der Waals surface area contributed by atoms with E-state index < -0.39 is 0 Å². The van der Waals surface area contributed by atoms with Crippen molar-refractivity contribution in [3.63, 3.8) is 0 Å². The molecule has 0 aromatic carbocycles. The summed E-state index contributed by atoms with van der Waals surface area (Å²) in [6, 6.07) is 0.540. The predicted molar refractivity (Wildman–Crippen MR) is 68.6 cm³/mol. The molecule has 0 atom stereocenters. The number of carbonyl (C=O) groups excluding carboxylic acids is 1. The lowest BCUT2D eigenvalue weighted by Gasteiger charge is -2.22. The number of nitrogens with one attached hydrogen (secondary N) is 1. The van der Waals surface area contributed by atoms with Crippen LogP contribution >= 0.6 is 0 Å². The second-order valence-corrected chi connectivity index (χ2v) is 4.62. The number of amides is 1.